The minimum Gasteiger partial charge on any atom is -0.383 e. The Balaban J connectivity index is 1.88. The highest BCUT2D eigenvalue weighted by molar-refractivity contribution is 7.99. The van der Waals surface area contributed by atoms with Gasteiger partial charge in [-0.05, 0) is 24.6 Å². The van der Waals surface area contributed by atoms with E-state index >= 15 is 0 Å². The van der Waals surface area contributed by atoms with Gasteiger partial charge in [-0.3, -0.25) is 4.79 Å². The molecule has 0 aliphatic heterocycles. The molecule has 0 aliphatic rings. The monoisotopic (exact) mass is 388 g/mol. The van der Waals surface area contributed by atoms with Crippen molar-refractivity contribution in [2.75, 3.05) is 19.5 Å². The molecule has 0 fully saturated rings. The van der Waals surface area contributed by atoms with Crippen molar-refractivity contribution in [3.63, 3.8) is 0 Å². The van der Waals surface area contributed by atoms with Gasteiger partial charge in [0.1, 0.15) is 6.33 Å². The van der Waals surface area contributed by atoms with E-state index in [0.29, 0.717) is 28.4 Å². The molecule has 1 aromatic heterocycles. The van der Waals surface area contributed by atoms with Gasteiger partial charge in [-0.1, -0.05) is 41.0 Å². The lowest BCUT2D eigenvalue weighted by molar-refractivity contribution is -0.119. The fourth-order valence-electron chi connectivity index (χ4n) is 2.04. The van der Waals surface area contributed by atoms with Crippen molar-refractivity contribution in [1.29, 1.82) is 0 Å². The molecule has 1 heterocycles. The second-order valence-corrected chi connectivity index (χ2v) is 6.83. The van der Waals surface area contributed by atoms with E-state index < -0.39 is 0 Å². The summed E-state index contributed by atoms with van der Waals surface area (Å²) in [5.41, 5.74) is 0.822. The highest BCUT2D eigenvalue weighted by atomic mass is 35.5. The third kappa shape index (κ3) is 5.37. The summed E-state index contributed by atoms with van der Waals surface area (Å²) in [7, 11) is 1.63. The van der Waals surface area contributed by atoms with Crippen molar-refractivity contribution < 1.29 is 9.53 Å². The van der Waals surface area contributed by atoms with Crippen molar-refractivity contribution >= 4 is 40.9 Å². The Morgan fingerprint density at radius 1 is 1.46 bits per heavy atom. The normalized spacial score (nSPS) is 12.2. The van der Waals surface area contributed by atoms with E-state index in [2.05, 4.69) is 15.5 Å². The Morgan fingerprint density at radius 3 is 2.96 bits per heavy atom. The fraction of sp³-hybridized carbons (Fsp3) is 0.400. The summed E-state index contributed by atoms with van der Waals surface area (Å²) < 4.78 is 6.88. The Labute approximate surface area is 154 Å². The number of carbonyl (C=O) groups is 1. The van der Waals surface area contributed by atoms with Crippen molar-refractivity contribution in [2.45, 2.75) is 24.7 Å². The van der Waals surface area contributed by atoms with Crippen LogP contribution in [-0.4, -0.2) is 40.1 Å². The van der Waals surface area contributed by atoms with Crippen molar-refractivity contribution in [3.05, 3.63) is 40.1 Å². The Hall–Kier alpha value is -1.28. The van der Waals surface area contributed by atoms with Gasteiger partial charge >= 0.3 is 0 Å². The van der Waals surface area contributed by atoms with Gasteiger partial charge in [-0.25, -0.2) is 0 Å². The number of ether oxygens (including phenoxy) is 1. The van der Waals surface area contributed by atoms with Gasteiger partial charge in [0.25, 0.3) is 0 Å². The second kappa shape index (κ2) is 9.27. The number of thioether (sulfide) groups is 1. The number of nitrogens with zero attached hydrogens (tertiary/aromatic N) is 3. The van der Waals surface area contributed by atoms with E-state index in [1.807, 2.05) is 17.6 Å². The molecule has 6 nitrogen and oxygen atoms in total. The average molecular weight is 389 g/mol. The maximum absolute atomic E-state index is 12.1. The van der Waals surface area contributed by atoms with Crippen molar-refractivity contribution in [2.24, 2.45) is 0 Å². The summed E-state index contributed by atoms with van der Waals surface area (Å²) in [6, 6.07) is 5.01. The number of rotatable bonds is 8. The third-order valence-electron chi connectivity index (χ3n) is 3.26. The lowest BCUT2D eigenvalue weighted by Crippen LogP contribution is -2.28. The summed E-state index contributed by atoms with van der Waals surface area (Å²) in [6.45, 7) is 3.08. The molecular formula is C15H18Cl2N4O2S. The summed E-state index contributed by atoms with van der Waals surface area (Å²) in [5, 5.41) is 12.5. The van der Waals surface area contributed by atoms with Crippen LogP contribution in [0.4, 0.5) is 0 Å². The zero-order valence-electron chi connectivity index (χ0n) is 13.3. The van der Waals surface area contributed by atoms with Crippen LogP contribution in [0.25, 0.3) is 0 Å². The summed E-state index contributed by atoms with van der Waals surface area (Å²) in [4.78, 5) is 12.1. The highest BCUT2D eigenvalue weighted by Gasteiger charge is 2.14. The SMILES string of the molecule is COCCn1cnnc1SCC(=O)N[C@H](C)c1ccc(Cl)cc1Cl. The van der Waals surface area contributed by atoms with Crippen LogP contribution in [0.3, 0.4) is 0 Å². The van der Waals surface area contributed by atoms with Gasteiger partial charge in [-0.2, -0.15) is 0 Å². The Bertz CT molecular complexity index is 696. The fourth-order valence-corrected chi connectivity index (χ4v) is 3.37. The van der Waals surface area contributed by atoms with Gasteiger partial charge in [0, 0.05) is 23.7 Å². The summed E-state index contributed by atoms with van der Waals surface area (Å²) >= 11 is 13.4. The first-order valence-electron chi connectivity index (χ1n) is 7.25. The van der Waals surface area contributed by atoms with Gasteiger partial charge < -0.3 is 14.6 Å². The quantitative estimate of drug-likeness (QED) is 0.703. The molecule has 1 amide bonds. The first kappa shape index (κ1) is 19.1. The van der Waals surface area contributed by atoms with E-state index in [-0.39, 0.29) is 17.7 Å². The number of carbonyl (C=O) groups excluding carboxylic acids is 1. The molecule has 2 aromatic rings. The number of benzene rings is 1. The van der Waals surface area contributed by atoms with E-state index in [9.17, 15) is 4.79 Å². The minimum absolute atomic E-state index is 0.111. The molecular weight excluding hydrogens is 371 g/mol. The Morgan fingerprint density at radius 2 is 2.25 bits per heavy atom. The van der Waals surface area contributed by atoms with Gasteiger partial charge in [0.2, 0.25) is 5.91 Å². The second-order valence-electron chi connectivity index (χ2n) is 5.04. The standard InChI is InChI=1S/C15H18Cl2N4O2S/c1-10(12-4-3-11(16)7-13(12)17)19-14(22)8-24-15-20-18-9-21(15)5-6-23-2/h3-4,7,9-10H,5-6,8H2,1-2H3,(H,19,22)/t10-/m1/s1. The molecule has 2 rings (SSSR count). The molecule has 24 heavy (non-hydrogen) atoms. The van der Waals surface area contributed by atoms with Crippen LogP contribution >= 0.6 is 35.0 Å². The van der Waals surface area contributed by atoms with E-state index in [0.717, 1.165) is 5.56 Å². The van der Waals surface area contributed by atoms with Crippen LogP contribution in [0.1, 0.15) is 18.5 Å². The van der Waals surface area contributed by atoms with Crippen molar-refractivity contribution in [3.8, 4) is 0 Å². The third-order valence-corrected chi connectivity index (χ3v) is 4.80. The molecule has 1 N–H and O–H groups in total. The predicted octanol–water partition coefficient (Wildman–Crippen LogP) is 3.20. The number of nitrogens with one attached hydrogen (secondary N) is 1. The number of aromatic nitrogens is 3. The lowest BCUT2D eigenvalue weighted by Gasteiger charge is -2.16. The molecule has 0 unspecified atom stereocenters. The smallest absolute Gasteiger partial charge is 0.230 e. The largest absolute Gasteiger partial charge is 0.383 e. The van der Waals surface area contributed by atoms with Crippen LogP contribution in [0.15, 0.2) is 29.7 Å². The summed E-state index contributed by atoms with van der Waals surface area (Å²) in [6.07, 6.45) is 1.62. The molecule has 1 atom stereocenters. The van der Waals surface area contributed by atoms with Crippen LogP contribution in [0.2, 0.25) is 10.0 Å². The van der Waals surface area contributed by atoms with E-state index in [4.69, 9.17) is 27.9 Å². The number of hydrogen-bond acceptors (Lipinski definition) is 5. The number of halogens is 2. The van der Waals surface area contributed by atoms with E-state index in [1.54, 1.807) is 25.6 Å². The van der Waals surface area contributed by atoms with Gasteiger partial charge in [0.15, 0.2) is 5.16 Å². The topological polar surface area (TPSA) is 69.0 Å². The molecule has 0 bridgehead atoms. The van der Waals surface area contributed by atoms with E-state index in [1.165, 1.54) is 11.8 Å². The summed E-state index contributed by atoms with van der Waals surface area (Å²) in [5.74, 6) is 0.126. The minimum atomic E-state index is -0.214. The van der Waals surface area contributed by atoms with Crippen LogP contribution < -0.4 is 5.32 Å². The number of amides is 1. The maximum atomic E-state index is 12.1. The van der Waals surface area contributed by atoms with Crippen molar-refractivity contribution in [1.82, 2.24) is 20.1 Å². The van der Waals surface area contributed by atoms with Gasteiger partial charge in [0.05, 0.1) is 18.4 Å². The average Bonchev–Trinajstić information content (AvgIpc) is 2.98. The molecule has 130 valence electrons. The van der Waals surface area contributed by atoms with Crippen LogP contribution in [0, 0.1) is 0 Å². The highest BCUT2D eigenvalue weighted by Crippen LogP contribution is 2.26. The number of hydrogen-bond donors (Lipinski definition) is 1. The van der Waals surface area contributed by atoms with Crippen LogP contribution in [0.5, 0.6) is 0 Å². The molecule has 9 heteroatoms. The number of methoxy groups -OCH3 is 1. The lowest BCUT2D eigenvalue weighted by atomic mass is 10.1. The molecule has 1 aromatic carbocycles. The predicted molar refractivity (Wildman–Crippen MR) is 95.6 cm³/mol. The van der Waals surface area contributed by atoms with Gasteiger partial charge in [-0.15, -0.1) is 10.2 Å². The zero-order chi connectivity index (χ0) is 17.5. The molecule has 0 aliphatic carbocycles. The zero-order valence-corrected chi connectivity index (χ0v) is 15.7. The molecule has 0 spiro atoms. The molecule has 0 radical (unpaired) electrons. The molecule has 0 saturated heterocycles. The maximum Gasteiger partial charge on any atom is 0.230 e. The first-order valence-corrected chi connectivity index (χ1v) is 8.99. The van der Waals surface area contributed by atoms with Crippen LogP contribution in [-0.2, 0) is 16.1 Å². The molecule has 0 saturated carbocycles. The first-order chi connectivity index (χ1) is 11.5. The Kier molecular flexibility index (Phi) is 7.36.